The first-order valence-electron chi connectivity index (χ1n) is 8.80. The Labute approximate surface area is 183 Å². The highest BCUT2D eigenvalue weighted by atomic mass is 35.5. The molecule has 1 N–H and O–H groups in total. The predicted molar refractivity (Wildman–Crippen MR) is 116 cm³/mol. The van der Waals surface area contributed by atoms with Crippen molar-refractivity contribution < 1.29 is 13.9 Å². The molecule has 1 amide bonds. The molecule has 0 saturated carbocycles. The maximum Gasteiger partial charge on any atom is 0.266 e. The first-order valence-corrected chi connectivity index (χ1v) is 9.56. The van der Waals surface area contributed by atoms with Crippen LogP contribution in [0.15, 0.2) is 72.3 Å². The van der Waals surface area contributed by atoms with Crippen LogP contribution in [0.4, 0.5) is 10.1 Å². The van der Waals surface area contributed by atoms with Crippen LogP contribution in [0.3, 0.4) is 0 Å². The standard InChI is InChI=1S/C23H15Cl2FN2O2/c24-18-4-8-20(9-5-18)28-23(29)17(13-27)11-16-3-10-22(21(25)12-16)30-14-15-1-6-19(26)7-2-15/h1-12H,14H2,(H,28,29)/b17-11+. The number of carbonyl (C=O) groups excluding carboxylic acids is 1. The Kier molecular flexibility index (Phi) is 7.08. The lowest BCUT2D eigenvalue weighted by atomic mass is 10.1. The Morgan fingerprint density at radius 3 is 2.40 bits per heavy atom. The second-order valence-electron chi connectivity index (χ2n) is 6.24. The summed E-state index contributed by atoms with van der Waals surface area (Å²) >= 11 is 12.1. The first-order chi connectivity index (χ1) is 14.4. The van der Waals surface area contributed by atoms with E-state index >= 15 is 0 Å². The van der Waals surface area contributed by atoms with E-state index in [0.29, 0.717) is 27.0 Å². The van der Waals surface area contributed by atoms with Crippen LogP contribution >= 0.6 is 23.2 Å². The van der Waals surface area contributed by atoms with Crippen molar-refractivity contribution in [3.63, 3.8) is 0 Å². The maximum absolute atomic E-state index is 13.0. The zero-order valence-electron chi connectivity index (χ0n) is 15.5. The largest absolute Gasteiger partial charge is 0.487 e. The van der Waals surface area contributed by atoms with Gasteiger partial charge < -0.3 is 10.1 Å². The molecule has 0 heterocycles. The molecule has 0 aliphatic heterocycles. The maximum atomic E-state index is 13.0. The highest BCUT2D eigenvalue weighted by molar-refractivity contribution is 6.32. The molecule has 0 aliphatic rings. The summed E-state index contributed by atoms with van der Waals surface area (Å²) in [6.45, 7) is 0.224. The lowest BCUT2D eigenvalue weighted by molar-refractivity contribution is -0.112. The van der Waals surface area contributed by atoms with Gasteiger partial charge in [0.05, 0.1) is 5.02 Å². The number of hydrogen-bond acceptors (Lipinski definition) is 3. The van der Waals surface area contributed by atoms with E-state index in [4.69, 9.17) is 27.9 Å². The van der Waals surface area contributed by atoms with Crippen LogP contribution in [0.2, 0.25) is 10.0 Å². The van der Waals surface area contributed by atoms with E-state index in [1.54, 1.807) is 54.6 Å². The normalized spacial score (nSPS) is 10.9. The summed E-state index contributed by atoms with van der Waals surface area (Å²) in [6, 6.07) is 19.3. The molecule has 0 unspecified atom stereocenters. The van der Waals surface area contributed by atoms with Gasteiger partial charge in [-0.3, -0.25) is 4.79 Å². The highest BCUT2D eigenvalue weighted by Crippen LogP contribution is 2.27. The number of nitriles is 1. The van der Waals surface area contributed by atoms with E-state index in [0.717, 1.165) is 5.56 Å². The van der Waals surface area contributed by atoms with E-state index in [-0.39, 0.29) is 18.0 Å². The predicted octanol–water partition coefficient (Wildman–Crippen LogP) is 6.26. The van der Waals surface area contributed by atoms with E-state index in [1.807, 2.05) is 6.07 Å². The van der Waals surface area contributed by atoms with E-state index in [9.17, 15) is 14.4 Å². The van der Waals surface area contributed by atoms with Gasteiger partial charge >= 0.3 is 0 Å². The molecule has 3 aromatic carbocycles. The smallest absolute Gasteiger partial charge is 0.266 e. The quantitative estimate of drug-likeness (QED) is 0.363. The van der Waals surface area contributed by atoms with Crippen molar-refractivity contribution in [2.75, 3.05) is 5.32 Å². The molecular formula is C23H15Cl2FN2O2. The third kappa shape index (κ3) is 5.84. The summed E-state index contributed by atoms with van der Waals surface area (Å²) in [7, 11) is 0. The molecule has 150 valence electrons. The van der Waals surface area contributed by atoms with Crippen molar-refractivity contribution in [1.82, 2.24) is 0 Å². The number of ether oxygens (including phenoxy) is 1. The average Bonchev–Trinajstić information content (AvgIpc) is 2.74. The summed E-state index contributed by atoms with van der Waals surface area (Å²) in [5.41, 5.74) is 1.80. The van der Waals surface area contributed by atoms with Crippen LogP contribution in [-0.4, -0.2) is 5.91 Å². The molecule has 0 radical (unpaired) electrons. The minimum Gasteiger partial charge on any atom is -0.487 e. The zero-order chi connectivity index (χ0) is 21.5. The van der Waals surface area contributed by atoms with Gasteiger partial charge in [-0.1, -0.05) is 41.4 Å². The van der Waals surface area contributed by atoms with Crippen LogP contribution in [0.1, 0.15) is 11.1 Å². The molecule has 30 heavy (non-hydrogen) atoms. The molecule has 0 saturated heterocycles. The van der Waals surface area contributed by atoms with Crippen LogP contribution in [0.5, 0.6) is 5.75 Å². The monoisotopic (exact) mass is 440 g/mol. The Morgan fingerprint density at radius 1 is 1.07 bits per heavy atom. The van der Waals surface area contributed by atoms with Crippen LogP contribution in [-0.2, 0) is 11.4 Å². The summed E-state index contributed by atoms with van der Waals surface area (Å²) in [4.78, 5) is 12.3. The van der Waals surface area contributed by atoms with Crippen molar-refractivity contribution >= 4 is 40.9 Å². The van der Waals surface area contributed by atoms with Gasteiger partial charge in [0.2, 0.25) is 0 Å². The molecule has 0 aromatic heterocycles. The fourth-order valence-corrected chi connectivity index (χ4v) is 2.88. The minimum atomic E-state index is -0.549. The second kappa shape index (κ2) is 9.93. The topological polar surface area (TPSA) is 62.1 Å². The molecule has 3 rings (SSSR count). The number of halogens is 3. The summed E-state index contributed by atoms with van der Waals surface area (Å²) in [5.74, 6) is -0.434. The molecule has 0 atom stereocenters. The van der Waals surface area contributed by atoms with Gasteiger partial charge in [0.25, 0.3) is 5.91 Å². The van der Waals surface area contributed by atoms with Gasteiger partial charge in [0.1, 0.15) is 29.8 Å². The fourth-order valence-electron chi connectivity index (χ4n) is 2.51. The van der Waals surface area contributed by atoms with Crippen molar-refractivity contribution in [3.8, 4) is 11.8 Å². The molecule has 0 aliphatic carbocycles. The number of nitrogens with zero attached hydrogens (tertiary/aromatic N) is 1. The fraction of sp³-hybridized carbons (Fsp3) is 0.0435. The second-order valence-corrected chi connectivity index (χ2v) is 7.08. The van der Waals surface area contributed by atoms with E-state index < -0.39 is 5.91 Å². The lowest BCUT2D eigenvalue weighted by Crippen LogP contribution is -2.13. The molecule has 0 fully saturated rings. The third-order valence-corrected chi connectivity index (χ3v) is 4.59. The van der Waals surface area contributed by atoms with Crippen LogP contribution < -0.4 is 10.1 Å². The van der Waals surface area contributed by atoms with E-state index in [2.05, 4.69) is 5.32 Å². The number of benzene rings is 3. The molecule has 3 aromatic rings. The molecule has 7 heteroatoms. The number of carbonyl (C=O) groups is 1. The van der Waals surface area contributed by atoms with Crippen molar-refractivity contribution in [1.29, 1.82) is 5.26 Å². The molecule has 0 spiro atoms. The van der Waals surface area contributed by atoms with Crippen LogP contribution in [0, 0.1) is 17.1 Å². The minimum absolute atomic E-state index is 0.0824. The summed E-state index contributed by atoms with van der Waals surface area (Å²) in [5, 5.41) is 12.8. The van der Waals surface area contributed by atoms with Gasteiger partial charge in [0.15, 0.2) is 0 Å². The molecular weight excluding hydrogens is 426 g/mol. The number of nitrogens with one attached hydrogen (secondary N) is 1. The highest BCUT2D eigenvalue weighted by Gasteiger charge is 2.11. The van der Waals surface area contributed by atoms with E-state index in [1.165, 1.54) is 18.2 Å². The first kappa shape index (κ1) is 21.4. The third-order valence-electron chi connectivity index (χ3n) is 4.04. The number of hydrogen-bond donors (Lipinski definition) is 1. The lowest BCUT2D eigenvalue weighted by Gasteiger charge is -2.09. The van der Waals surface area contributed by atoms with Gasteiger partial charge in [-0.2, -0.15) is 5.26 Å². The van der Waals surface area contributed by atoms with Crippen molar-refractivity contribution in [3.05, 3.63) is 99.3 Å². The average molecular weight is 441 g/mol. The Hall–Kier alpha value is -3.33. The van der Waals surface area contributed by atoms with Gasteiger partial charge in [-0.15, -0.1) is 0 Å². The Morgan fingerprint density at radius 2 is 1.77 bits per heavy atom. The molecule has 0 bridgehead atoms. The van der Waals surface area contributed by atoms with Gasteiger partial charge in [-0.25, -0.2) is 4.39 Å². The zero-order valence-corrected chi connectivity index (χ0v) is 17.0. The van der Waals surface area contributed by atoms with Crippen molar-refractivity contribution in [2.24, 2.45) is 0 Å². The number of amides is 1. The Balaban J connectivity index is 1.69. The van der Waals surface area contributed by atoms with Crippen LogP contribution in [0.25, 0.3) is 6.08 Å². The summed E-state index contributed by atoms with van der Waals surface area (Å²) < 4.78 is 18.6. The Bertz CT molecular complexity index is 1120. The number of anilines is 1. The number of rotatable bonds is 6. The SMILES string of the molecule is N#C/C(=C\c1ccc(OCc2ccc(F)cc2)c(Cl)c1)C(=O)Nc1ccc(Cl)cc1. The molecule has 4 nitrogen and oxygen atoms in total. The van der Waals surface area contributed by atoms with Gasteiger partial charge in [0, 0.05) is 10.7 Å². The van der Waals surface area contributed by atoms with Crippen molar-refractivity contribution in [2.45, 2.75) is 6.61 Å². The summed E-state index contributed by atoms with van der Waals surface area (Å²) in [6.07, 6.45) is 1.43. The van der Waals surface area contributed by atoms with Gasteiger partial charge in [-0.05, 0) is 65.7 Å².